The summed E-state index contributed by atoms with van der Waals surface area (Å²) < 4.78 is 12.0. The first-order valence-corrected chi connectivity index (χ1v) is 9.43. The van der Waals surface area contributed by atoms with Crippen molar-refractivity contribution in [1.29, 1.82) is 0 Å². The van der Waals surface area contributed by atoms with E-state index in [1.54, 1.807) is 42.5 Å². The highest BCUT2D eigenvalue weighted by Crippen LogP contribution is 2.29. The van der Waals surface area contributed by atoms with E-state index < -0.39 is 5.97 Å². The second-order valence-electron chi connectivity index (χ2n) is 6.31. The lowest BCUT2D eigenvalue weighted by molar-refractivity contribution is 0.0703. The summed E-state index contributed by atoms with van der Waals surface area (Å²) in [5, 5.41) is 0.852. The predicted molar refractivity (Wildman–Crippen MR) is 110 cm³/mol. The normalized spacial score (nSPS) is 10.8. The molecule has 28 heavy (non-hydrogen) atoms. The zero-order valence-electron chi connectivity index (χ0n) is 14.9. The van der Waals surface area contributed by atoms with Crippen LogP contribution in [0.3, 0.4) is 0 Å². The maximum Gasteiger partial charge on any atom is 0.379 e. The zero-order chi connectivity index (χ0) is 19.7. The minimum absolute atomic E-state index is 0.0859. The second kappa shape index (κ2) is 7.44. The highest BCUT2D eigenvalue weighted by atomic mass is 79.9. The van der Waals surface area contributed by atoms with Crippen LogP contribution in [-0.4, -0.2) is 11.8 Å². The Bertz CT molecular complexity index is 1170. The molecule has 0 bridgehead atoms. The van der Waals surface area contributed by atoms with Crippen LogP contribution in [0.25, 0.3) is 11.0 Å². The molecular formula is C23H15BrO4. The number of carbonyl (C=O) groups is 2. The standard InChI is InChI=1S/C23H15BrO4/c1-14-19-13-17(24)9-12-20(19)28-22(14)23(26)27-18-10-7-16(8-11-18)21(25)15-5-3-2-4-6-15/h2-13H,1H3. The zero-order valence-corrected chi connectivity index (χ0v) is 16.5. The highest BCUT2D eigenvalue weighted by molar-refractivity contribution is 9.10. The van der Waals surface area contributed by atoms with Crippen molar-refractivity contribution in [2.24, 2.45) is 0 Å². The molecule has 3 aromatic carbocycles. The topological polar surface area (TPSA) is 56.5 Å². The van der Waals surface area contributed by atoms with E-state index in [0.717, 1.165) is 15.4 Å². The molecule has 4 aromatic rings. The molecule has 1 heterocycles. The van der Waals surface area contributed by atoms with Crippen LogP contribution in [0.4, 0.5) is 0 Å². The third-order valence-electron chi connectivity index (χ3n) is 4.45. The number of rotatable bonds is 4. The average Bonchev–Trinajstić information content (AvgIpc) is 3.05. The summed E-state index contributed by atoms with van der Waals surface area (Å²) in [6.45, 7) is 1.82. The average molecular weight is 435 g/mol. The molecule has 4 nitrogen and oxygen atoms in total. The van der Waals surface area contributed by atoms with Crippen molar-refractivity contribution in [2.75, 3.05) is 0 Å². The van der Waals surface area contributed by atoms with Gasteiger partial charge in [-0.15, -0.1) is 0 Å². The fraction of sp³-hybridized carbons (Fsp3) is 0.0435. The lowest BCUT2D eigenvalue weighted by Gasteiger charge is -2.05. The number of carbonyl (C=O) groups excluding carboxylic acids is 2. The van der Waals surface area contributed by atoms with Crippen molar-refractivity contribution in [2.45, 2.75) is 6.92 Å². The van der Waals surface area contributed by atoms with Crippen LogP contribution in [0.1, 0.15) is 32.0 Å². The maximum atomic E-state index is 12.5. The summed E-state index contributed by atoms with van der Waals surface area (Å²) >= 11 is 3.42. The number of esters is 1. The van der Waals surface area contributed by atoms with Crippen LogP contribution in [0.15, 0.2) is 81.7 Å². The fourth-order valence-corrected chi connectivity index (χ4v) is 3.33. The van der Waals surface area contributed by atoms with E-state index in [4.69, 9.17) is 9.15 Å². The van der Waals surface area contributed by atoms with Gasteiger partial charge in [0.1, 0.15) is 11.3 Å². The first kappa shape index (κ1) is 18.2. The minimum Gasteiger partial charge on any atom is -0.449 e. The van der Waals surface area contributed by atoms with Crippen LogP contribution in [-0.2, 0) is 0 Å². The molecule has 1 aromatic heterocycles. The number of hydrogen-bond donors (Lipinski definition) is 0. The Morgan fingerprint density at radius 3 is 2.29 bits per heavy atom. The summed E-state index contributed by atoms with van der Waals surface area (Å²) in [5.41, 5.74) is 2.47. The van der Waals surface area contributed by atoms with E-state index >= 15 is 0 Å². The summed E-state index contributed by atoms with van der Waals surface area (Å²) in [5.74, 6) is -0.155. The molecule has 0 radical (unpaired) electrons. The Hall–Kier alpha value is -3.18. The molecule has 0 aliphatic carbocycles. The molecule has 138 valence electrons. The lowest BCUT2D eigenvalue weighted by Crippen LogP contribution is -2.09. The van der Waals surface area contributed by atoms with Gasteiger partial charge in [-0.2, -0.15) is 0 Å². The van der Waals surface area contributed by atoms with Crippen LogP contribution < -0.4 is 4.74 Å². The van der Waals surface area contributed by atoms with Crippen LogP contribution in [0.2, 0.25) is 0 Å². The Morgan fingerprint density at radius 1 is 0.893 bits per heavy atom. The summed E-state index contributed by atoms with van der Waals surface area (Å²) in [6.07, 6.45) is 0. The molecule has 0 aliphatic rings. The van der Waals surface area contributed by atoms with E-state index in [9.17, 15) is 9.59 Å². The van der Waals surface area contributed by atoms with Crippen LogP contribution in [0, 0.1) is 6.92 Å². The van der Waals surface area contributed by atoms with E-state index in [0.29, 0.717) is 22.5 Å². The van der Waals surface area contributed by atoms with Gasteiger partial charge in [-0.1, -0.05) is 46.3 Å². The molecule has 0 aliphatic heterocycles. The Labute approximate surface area is 169 Å². The van der Waals surface area contributed by atoms with E-state index in [2.05, 4.69) is 15.9 Å². The van der Waals surface area contributed by atoms with Gasteiger partial charge < -0.3 is 9.15 Å². The molecule has 0 fully saturated rings. The van der Waals surface area contributed by atoms with Gasteiger partial charge in [0.25, 0.3) is 0 Å². The second-order valence-corrected chi connectivity index (χ2v) is 7.22. The Morgan fingerprint density at radius 2 is 1.57 bits per heavy atom. The number of furan rings is 1. The van der Waals surface area contributed by atoms with E-state index in [1.807, 2.05) is 37.3 Å². The largest absolute Gasteiger partial charge is 0.449 e. The highest BCUT2D eigenvalue weighted by Gasteiger charge is 2.20. The molecule has 0 saturated heterocycles. The maximum absolute atomic E-state index is 12.5. The van der Waals surface area contributed by atoms with E-state index in [-0.39, 0.29) is 11.5 Å². The van der Waals surface area contributed by atoms with Crippen molar-refractivity contribution in [1.82, 2.24) is 0 Å². The number of hydrogen-bond acceptors (Lipinski definition) is 4. The predicted octanol–water partition coefficient (Wildman–Crippen LogP) is 5.95. The molecule has 0 saturated carbocycles. The quantitative estimate of drug-likeness (QED) is 0.226. The molecule has 0 atom stereocenters. The lowest BCUT2D eigenvalue weighted by atomic mass is 10.0. The molecule has 0 amide bonds. The minimum atomic E-state index is -0.577. The van der Waals surface area contributed by atoms with Crippen molar-refractivity contribution >= 4 is 38.7 Å². The fourth-order valence-electron chi connectivity index (χ4n) is 2.97. The monoisotopic (exact) mass is 434 g/mol. The Kier molecular flexibility index (Phi) is 4.84. The van der Waals surface area contributed by atoms with Gasteiger partial charge in [-0.05, 0) is 49.4 Å². The van der Waals surface area contributed by atoms with Crippen molar-refractivity contribution in [3.63, 3.8) is 0 Å². The van der Waals surface area contributed by atoms with Gasteiger partial charge in [-0.25, -0.2) is 4.79 Å². The molecule has 0 unspecified atom stereocenters. The van der Waals surface area contributed by atoms with Gasteiger partial charge in [-0.3, -0.25) is 4.79 Å². The first-order chi connectivity index (χ1) is 13.5. The summed E-state index contributed by atoms with van der Waals surface area (Å²) in [6, 6.07) is 21.0. The Balaban J connectivity index is 1.54. The molecular weight excluding hydrogens is 420 g/mol. The molecule has 0 N–H and O–H groups in total. The number of fused-ring (bicyclic) bond motifs is 1. The number of halogens is 1. The van der Waals surface area contributed by atoms with Crippen LogP contribution in [0.5, 0.6) is 5.75 Å². The van der Waals surface area contributed by atoms with Gasteiger partial charge in [0.05, 0.1) is 0 Å². The molecule has 4 rings (SSSR count). The molecule has 5 heteroatoms. The van der Waals surface area contributed by atoms with E-state index in [1.165, 1.54) is 0 Å². The number of ketones is 1. The van der Waals surface area contributed by atoms with Crippen LogP contribution >= 0.6 is 15.9 Å². The van der Waals surface area contributed by atoms with Gasteiger partial charge >= 0.3 is 5.97 Å². The van der Waals surface area contributed by atoms with Gasteiger partial charge in [0, 0.05) is 26.5 Å². The van der Waals surface area contributed by atoms with Gasteiger partial charge in [0.2, 0.25) is 5.76 Å². The van der Waals surface area contributed by atoms with Crippen molar-refractivity contribution < 1.29 is 18.7 Å². The third-order valence-corrected chi connectivity index (χ3v) is 4.94. The third kappa shape index (κ3) is 3.49. The van der Waals surface area contributed by atoms with Crippen molar-refractivity contribution in [3.8, 4) is 5.75 Å². The first-order valence-electron chi connectivity index (χ1n) is 8.63. The summed E-state index contributed by atoms with van der Waals surface area (Å²) in [7, 11) is 0. The SMILES string of the molecule is Cc1c(C(=O)Oc2ccc(C(=O)c3ccccc3)cc2)oc2ccc(Br)cc12. The number of aryl methyl sites for hydroxylation is 1. The smallest absolute Gasteiger partial charge is 0.379 e. The van der Waals surface area contributed by atoms with Crippen molar-refractivity contribution in [3.05, 3.63) is 99.7 Å². The number of benzene rings is 3. The molecule has 0 spiro atoms. The van der Waals surface area contributed by atoms with Gasteiger partial charge in [0.15, 0.2) is 5.78 Å². The summed E-state index contributed by atoms with van der Waals surface area (Å²) in [4.78, 5) is 25.0. The number of ether oxygens (including phenoxy) is 1.